The first-order chi connectivity index (χ1) is 11.2. The number of aromatic amines is 1. The van der Waals surface area contributed by atoms with Gasteiger partial charge in [0.2, 0.25) is 5.16 Å². The summed E-state index contributed by atoms with van der Waals surface area (Å²) in [7, 11) is 0. The third-order valence-corrected chi connectivity index (χ3v) is 4.05. The van der Waals surface area contributed by atoms with E-state index in [0.717, 1.165) is 22.7 Å². The molecule has 0 saturated carbocycles. The standard InChI is InChI=1S/C13H9N7O2S/c14-11-10(19-22-20-11)8(21)5-23-13-16-12-9(17-18-13)6-3-1-2-4-7(6)15-12/h1-4H,5H2,(H2,14,20)(H,15,16,18). The monoisotopic (exact) mass is 327 g/mol. The lowest BCUT2D eigenvalue weighted by Gasteiger charge is -1.97. The lowest BCUT2D eigenvalue weighted by molar-refractivity contribution is 0.101. The Bertz CT molecular complexity index is 1030. The van der Waals surface area contributed by atoms with E-state index in [1.807, 2.05) is 24.3 Å². The first-order valence-electron chi connectivity index (χ1n) is 6.57. The number of benzene rings is 1. The average Bonchev–Trinajstić information content (AvgIpc) is 3.15. The molecule has 0 unspecified atom stereocenters. The molecular weight excluding hydrogens is 318 g/mol. The molecule has 4 aromatic rings. The number of carbonyl (C=O) groups is 1. The van der Waals surface area contributed by atoms with Crippen LogP contribution >= 0.6 is 11.8 Å². The summed E-state index contributed by atoms with van der Waals surface area (Å²) >= 11 is 1.14. The van der Waals surface area contributed by atoms with Gasteiger partial charge in [-0.15, -0.1) is 10.2 Å². The molecule has 4 rings (SSSR count). The van der Waals surface area contributed by atoms with E-state index < -0.39 is 0 Å². The second-order valence-corrected chi connectivity index (χ2v) is 5.61. The molecule has 0 atom stereocenters. The molecule has 10 heteroatoms. The first kappa shape index (κ1) is 13.6. The third-order valence-electron chi connectivity index (χ3n) is 3.21. The van der Waals surface area contributed by atoms with Gasteiger partial charge >= 0.3 is 0 Å². The predicted octanol–water partition coefficient (Wildman–Crippen LogP) is 1.45. The maximum atomic E-state index is 12.0. The molecule has 0 aliphatic heterocycles. The van der Waals surface area contributed by atoms with E-state index in [1.54, 1.807) is 0 Å². The molecule has 0 amide bonds. The van der Waals surface area contributed by atoms with Crippen molar-refractivity contribution in [2.45, 2.75) is 5.16 Å². The summed E-state index contributed by atoms with van der Waals surface area (Å²) in [4.78, 5) is 19.5. The molecule has 1 aromatic carbocycles. The quantitative estimate of drug-likeness (QED) is 0.421. The number of nitrogens with one attached hydrogen (secondary N) is 1. The van der Waals surface area contributed by atoms with Crippen molar-refractivity contribution in [2.24, 2.45) is 0 Å². The number of hydrogen-bond donors (Lipinski definition) is 2. The summed E-state index contributed by atoms with van der Waals surface area (Å²) in [5, 5.41) is 16.4. The number of thioether (sulfide) groups is 1. The topological polar surface area (TPSA) is 136 Å². The number of ketones is 1. The molecule has 3 heterocycles. The largest absolute Gasteiger partial charge is 0.379 e. The van der Waals surface area contributed by atoms with Gasteiger partial charge in [-0.05, 0) is 16.4 Å². The molecule has 0 radical (unpaired) electrons. The fraction of sp³-hybridized carbons (Fsp3) is 0.0769. The van der Waals surface area contributed by atoms with Crippen molar-refractivity contribution in [3.05, 3.63) is 30.0 Å². The highest BCUT2D eigenvalue weighted by atomic mass is 32.2. The number of aromatic nitrogens is 6. The zero-order valence-electron chi connectivity index (χ0n) is 11.6. The Kier molecular flexibility index (Phi) is 3.15. The van der Waals surface area contributed by atoms with Crippen LogP contribution in [0.15, 0.2) is 34.1 Å². The summed E-state index contributed by atoms with van der Waals surface area (Å²) in [5.74, 6) is -0.277. The predicted molar refractivity (Wildman–Crippen MR) is 83.0 cm³/mol. The number of nitrogen functional groups attached to an aromatic ring is 1. The highest BCUT2D eigenvalue weighted by molar-refractivity contribution is 7.99. The Labute approximate surface area is 132 Å². The minimum atomic E-state index is -0.311. The number of Topliss-reactive ketones (excluding diaryl/α,β-unsaturated/α-hetero) is 1. The van der Waals surface area contributed by atoms with Crippen LogP contribution in [-0.2, 0) is 0 Å². The van der Waals surface area contributed by atoms with Gasteiger partial charge in [0.25, 0.3) is 0 Å². The van der Waals surface area contributed by atoms with Crippen molar-refractivity contribution in [1.29, 1.82) is 0 Å². The van der Waals surface area contributed by atoms with Gasteiger partial charge in [-0.3, -0.25) is 4.79 Å². The van der Waals surface area contributed by atoms with Gasteiger partial charge in [-0.25, -0.2) is 9.61 Å². The van der Waals surface area contributed by atoms with Crippen LogP contribution in [-0.4, -0.2) is 42.0 Å². The van der Waals surface area contributed by atoms with Crippen LogP contribution in [0.3, 0.4) is 0 Å². The van der Waals surface area contributed by atoms with Crippen LogP contribution in [0, 0.1) is 0 Å². The Hall–Kier alpha value is -3.01. The summed E-state index contributed by atoms with van der Waals surface area (Å²) in [6.07, 6.45) is 0. The number of nitrogens with zero attached hydrogens (tertiary/aromatic N) is 5. The Morgan fingerprint density at radius 1 is 1.26 bits per heavy atom. The molecule has 0 bridgehead atoms. The minimum absolute atomic E-state index is 0.0112. The molecule has 23 heavy (non-hydrogen) atoms. The molecule has 0 spiro atoms. The maximum absolute atomic E-state index is 12.0. The van der Waals surface area contributed by atoms with Crippen LogP contribution < -0.4 is 5.73 Å². The number of para-hydroxylation sites is 1. The van der Waals surface area contributed by atoms with Crippen molar-refractivity contribution >= 4 is 45.4 Å². The number of hydrogen-bond acceptors (Lipinski definition) is 9. The summed E-state index contributed by atoms with van der Waals surface area (Å²) < 4.78 is 4.41. The number of rotatable bonds is 4. The number of carbonyl (C=O) groups excluding carboxylic acids is 1. The molecule has 3 N–H and O–H groups in total. The fourth-order valence-electron chi connectivity index (χ4n) is 2.15. The van der Waals surface area contributed by atoms with E-state index in [-0.39, 0.29) is 23.0 Å². The maximum Gasteiger partial charge on any atom is 0.211 e. The molecule has 114 valence electrons. The average molecular weight is 327 g/mol. The first-order valence-corrected chi connectivity index (χ1v) is 7.56. The fourth-order valence-corrected chi connectivity index (χ4v) is 2.81. The molecule has 0 saturated heterocycles. The lowest BCUT2D eigenvalue weighted by atomic mass is 10.2. The molecule has 0 aliphatic carbocycles. The van der Waals surface area contributed by atoms with Crippen molar-refractivity contribution < 1.29 is 9.42 Å². The van der Waals surface area contributed by atoms with Gasteiger partial charge in [-0.1, -0.05) is 30.0 Å². The van der Waals surface area contributed by atoms with Crippen molar-refractivity contribution in [3.63, 3.8) is 0 Å². The van der Waals surface area contributed by atoms with Crippen LogP contribution in [0.4, 0.5) is 5.82 Å². The Morgan fingerprint density at radius 3 is 2.96 bits per heavy atom. The van der Waals surface area contributed by atoms with E-state index in [1.165, 1.54) is 0 Å². The third kappa shape index (κ3) is 2.38. The minimum Gasteiger partial charge on any atom is -0.379 e. The van der Waals surface area contributed by atoms with E-state index in [9.17, 15) is 4.79 Å². The van der Waals surface area contributed by atoms with Gasteiger partial charge in [0.05, 0.1) is 5.75 Å². The SMILES string of the molecule is Nc1nonc1C(=O)CSc1nnc2c(n1)[nH]c1ccccc12. The van der Waals surface area contributed by atoms with E-state index in [4.69, 9.17) is 5.73 Å². The van der Waals surface area contributed by atoms with Gasteiger partial charge in [0.15, 0.2) is 22.9 Å². The highest BCUT2D eigenvalue weighted by Crippen LogP contribution is 2.23. The van der Waals surface area contributed by atoms with Crippen molar-refractivity contribution in [2.75, 3.05) is 11.5 Å². The van der Waals surface area contributed by atoms with Crippen molar-refractivity contribution in [1.82, 2.24) is 30.5 Å². The summed E-state index contributed by atoms with van der Waals surface area (Å²) in [6, 6.07) is 7.74. The highest BCUT2D eigenvalue weighted by Gasteiger charge is 2.17. The summed E-state index contributed by atoms with van der Waals surface area (Å²) in [5.41, 5.74) is 7.75. The van der Waals surface area contributed by atoms with Gasteiger partial charge in [0, 0.05) is 10.9 Å². The number of nitrogens with two attached hydrogens (primary N) is 1. The van der Waals surface area contributed by atoms with Gasteiger partial charge < -0.3 is 10.7 Å². The number of fused-ring (bicyclic) bond motifs is 3. The Balaban J connectivity index is 1.59. The second-order valence-electron chi connectivity index (χ2n) is 4.67. The van der Waals surface area contributed by atoms with E-state index >= 15 is 0 Å². The zero-order chi connectivity index (χ0) is 15.8. The number of anilines is 1. The molecule has 9 nitrogen and oxygen atoms in total. The summed E-state index contributed by atoms with van der Waals surface area (Å²) in [6.45, 7) is 0. The van der Waals surface area contributed by atoms with Crippen LogP contribution in [0.2, 0.25) is 0 Å². The Morgan fingerprint density at radius 2 is 2.13 bits per heavy atom. The van der Waals surface area contributed by atoms with E-state index in [2.05, 4.69) is 35.1 Å². The molecular formula is C13H9N7O2S. The van der Waals surface area contributed by atoms with Gasteiger partial charge in [0.1, 0.15) is 5.52 Å². The smallest absolute Gasteiger partial charge is 0.211 e. The molecule has 0 aliphatic rings. The zero-order valence-corrected chi connectivity index (χ0v) is 12.4. The number of H-pyrrole nitrogens is 1. The second kappa shape index (κ2) is 5.32. The van der Waals surface area contributed by atoms with Crippen LogP contribution in [0.1, 0.15) is 10.5 Å². The van der Waals surface area contributed by atoms with Crippen LogP contribution in [0.5, 0.6) is 0 Å². The van der Waals surface area contributed by atoms with Crippen molar-refractivity contribution in [3.8, 4) is 0 Å². The van der Waals surface area contributed by atoms with Crippen LogP contribution in [0.25, 0.3) is 22.1 Å². The molecule has 0 fully saturated rings. The van der Waals surface area contributed by atoms with E-state index in [0.29, 0.717) is 16.3 Å². The normalized spacial score (nSPS) is 11.3. The lowest BCUT2D eigenvalue weighted by Crippen LogP contribution is -2.07. The van der Waals surface area contributed by atoms with Gasteiger partial charge in [-0.2, -0.15) is 0 Å². The molecule has 3 aromatic heterocycles.